The van der Waals surface area contributed by atoms with Crippen LogP contribution >= 0.6 is 0 Å². The standard InChI is InChI=1S/C19H20FN3O2/c20-16-8-4-7-15(11-16)12-21-19(25)22-17-9-10-23(18(17)24)13-14-5-2-1-3-6-14/h1-8,11,17H,9-10,12-13H2,(H2,21,22,25)/t17-/m1/s1. The zero-order valence-electron chi connectivity index (χ0n) is 13.7. The van der Waals surface area contributed by atoms with E-state index in [2.05, 4.69) is 10.6 Å². The van der Waals surface area contributed by atoms with Gasteiger partial charge in [-0.05, 0) is 29.7 Å². The molecule has 1 aliphatic rings. The summed E-state index contributed by atoms with van der Waals surface area (Å²) in [5, 5.41) is 5.34. The lowest BCUT2D eigenvalue weighted by atomic mass is 10.2. The molecule has 0 aromatic heterocycles. The van der Waals surface area contributed by atoms with Crippen molar-refractivity contribution in [2.75, 3.05) is 6.54 Å². The highest BCUT2D eigenvalue weighted by atomic mass is 19.1. The average molecular weight is 341 g/mol. The van der Waals surface area contributed by atoms with Crippen molar-refractivity contribution in [2.24, 2.45) is 0 Å². The van der Waals surface area contributed by atoms with Crippen LogP contribution in [0.3, 0.4) is 0 Å². The van der Waals surface area contributed by atoms with E-state index in [4.69, 9.17) is 0 Å². The van der Waals surface area contributed by atoms with E-state index in [0.717, 1.165) is 5.56 Å². The number of urea groups is 1. The largest absolute Gasteiger partial charge is 0.336 e. The molecule has 2 aromatic carbocycles. The summed E-state index contributed by atoms with van der Waals surface area (Å²) in [6.07, 6.45) is 0.582. The van der Waals surface area contributed by atoms with Gasteiger partial charge < -0.3 is 15.5 Å². The van der Waals surface area contributed by atoms with Crippen molar-refractivity contribution in [1.82, 2.24) is 15.5 Å². The van der Waals surface area contributed by atoms with Gasteiger partial charge in [-0.3, -0.25) is 4.79 Å². The predicted octanol–water partition coefficient (Wildman–Crippen LogP) is 2.43. The van der Waals surface area contributed by atoms with Gasteiger partial charge in [0.1, 0.15) is 11.9 Å². The van der Waals surface area contributed by atoms with Crippen LogP contribution in [-0.2, 0) is 17.9 Å². The Morgan fingerprint density at radius 3 is 2.64 bits per heavy atom. The molecule has 2 aromatic rings. The van der Waals surface area contributed by atoms with Crippen molar-refractivity contribution in [1.29, 1.82) is 0 Å². The number of halogens is 1. The van der Waals surface area contributed by atoms with Crippen LogP contribution in [0.2, 0.25) is 0 Å². The Balaban J connectivity index is 1.48. The van der Waals surface area contributed by atoms with Gasteiger partial charge in [-0.1, -0.05) is 42.5 Å². The Morgan fingerprint density at radius 1 is 1.12 bits per heavy atom. The molecule has 0 unspecified atom stereocenters. The van der Waals surface area contributed by atoms with Crippen molar-refractivity contribution in [3.8, 4) is 0 Å². The summed E-state index contributed by atoms with van der Waals surface area (Å²) in [5.74, 6) is -0.424. The number of likely N-dealkylation sites (tertiary alicyclic amines) is 1. The molecular formula is C19H20FN3O2. The number of benzene rings is 2. The molecule has 0 aliphatic carbocycles. The van der Waals surface area contributed by atoms with Crippen molar-refractivity contribution in [3.63, 3.8) is 0 Å². The zero-order chi connectivity index (χ0) is 17.6. The molecule has 0 radical (unpaired) electrons. The SMILES string of the molecule is O=C(NCc1cccc(F)c1)N[C@@H]1CCN(Cc2ccccc2)C1=O. The maximum absolute atomic E-state index is 13.1. The molecule has 25 heavy (non-hydrogen) atoms. The average Bonchev–Trinajstić information content (AvgIpc) is 2.94. The van der Waals surface area contributed by atoms with Crippen molar-refractivity contribution >= 4 is 11.9 Å². The molecule has 2 N–H and O–H groups in total. The molecule has 1 atom stereocenters. The van der Waals surface area contributed by atoms with Gasteiger partial charge in [-0.15, -0.1) is 0 Å². The fourth-order valence-corrected chi connectivity index (χ4v) is 2.87. The van der Waals surface area contributed by atoms with Crippen LogP contribution in [-0.4, -0.2) is 29.4 Å². The second kappa shape index (κ2) is 7.79. The third kappa shape index (κ3) is 4.56. The Labute approximate surface area is 145 Å². The first-order valence-corrected chi connectivity index (χ1v) is 8.23. The van der Waals surface area contributed by atoms with E-state index in [1.807, 2.05) is 30.3 Å². The molecule has 1 aliphatic heterocycles. The lowest BCUT2D eigenvalue weighted by molar-refractivity contribution is -0.129. The van der Waals surface area contributed by atoms with E-state index in [1.54, 1.807) is 17.0 Å². The van der Waals surface area contributed by atoms with Gasteiger partial charge in [-0.2, -0.15) is 0 Å². The van der Waals surface area contributed by atoms with E-state index in [9.17, 15) is 14.0 Å². The molecular weight excluding hydrogens is 321 g/mol. The first-order valence-electron chi connectivity index (χ1n) is 8.23. The van der Waals surface area contributed by atoms with Gasteiger partial charge in [0.25, 0.3) is 0 Å². The minimum atomic E-state index is -0.517. The molecule has 3 amide bonds. The summed E-state index contributed by atoms with van der Waals surface area (Å²) in [6.45, 7) is 1.36. The molecule has 130 valence electrons. The molecule has 6 heteroatoms. The van der Waals surface area contributed by atoms with Crippen LogP contribution in [0.15, 0.2) is 54.6 Å². The summed E-state index contributed by atoms with van der Waals surface area (Å²) in [4.78, 5) is 26.1. The highest BCUT2D eigenvalue weighted by Crippen LogP contribution is 2.15. The number of carbonyl (C=O) groups excluding carboxylic acids is 2. The minimum Gasteiger partial charge on any atom is -0.336 e. The monoisotopic (exact) mass is 341 g/mol. The summed E-state index contributed by atoms with van der Waals surface area (Å²) in [6, 6.07) is 14.8. The lowest BCUT2D eigenvalue weighted by Crippen LogP contribution is -2.45. The summed E-state index contributed by atoms with van der Waals surface area (Å²) < 4.78 is 13.1. The van der Waals surface area contributed by atoms with Gasteiger partial charge in [0.15, 0.2) is 0 Å². The van der Waals surface area contributed by atoms with Crippen LogP contribution in [0.5, 0.6) is 0 Å². The smallest absolute Gasteiger partial charge is 0.315 e. The Hall–Kier alpha value is -2.89. The molecule has 1 heterocycles. The van der Waals surface area contributed by atoms with E-state index >= 15 is 0 Å². The number of hydrogen-bond donors (Lipinski definition) is 2. The summed E-state index contributed by atoms with van der Waals surface area (Å²) in [5.41, 5.74) is 1.73. The Morgan fingerprint density at radius 2 is 1.88 bits per heavy atom. The molecule has 1 saturated heterocycles. The van der Waals surface area contributed by atoms with Gasteiger partial charge in [-0.25, -0.2) is 9.18 Å². The van der Waals surface area contributed by atoms with Crippen molar-refractivity contribution in [3.05, 3.63) is 71.5 Å². The number of nitrogens with one attached hydrogen (secondary N) is 2. The molecule has 0 bridgehead atoms. The lowest BCUT2D eigenvalue weighted by Gasteiger charge is -2.17. The van der Waals surface area contributed by atoms with Crippen LogP contribution in [0.1, 0.15) is 17.5 Å². The first kappa shape index (κ1) is 17.0. The van der Waals surface area contributed by atoms with E-state index in [-0.39, 0.29) is 18.3 Å². The van der Waals surface area contributed by atoms with E-state index in [0.29, 0.717) is 25.1 Å². The van der Waals surface area contributed by atoms with Crippen LogP contribution in [0.25, 0.3) is 0 Å². The van der Waals surface area contributed by atoms with Gasteiger partial charge in [0, 0.05) is 19.6 Å². The maximum Gasteiger partial charge on any atom is 0.315 e. The molecule has 0 spiro atoms. The highest BCUT2D eigenvalue weighted by molar-refractivity contribution is 5.88. The van der Waals surface area contributed by atoms with Crippen LogP contribution in [0, 0.1) is 5.82 Å². The van der Waals surface area contributed by atoms with Crippen molar-refractivity contribution in [2.45, 2.75) is 25.6 Å². The Kier molecular flexibility index (Phi) is 5.28. The normalized spacial score (nSPS) is 16.8. The van der Waals surface area contributed by atoms with Gasteiger partial charge in [0.05, 0.1) is 0 Å². The second-order valence-corrected chi connectivity index (χ2v) is 6.04. The summed E-state index contributed by atoms with van der Waals surface area (Å²) >= 11 is 0. The fraction of sp³-hybridized carbons (Fsp3) is 0.263. The van der Waals surface area contributed by atoms with E-state index < -0.39 is 12.1 Å². The number of rotatable bonds is 5. The molecule has 5 nitrogen and oxygen atoms in total. The topological polar surface area (TPSA) is 61.4 Å². The minimum absolute atomic E-state index is 0.0789. The number of carbonyl (C=O) groups is 2. The second-order valence-electron chi connectivity index (χ2n) is 6.04. The summed E-state index contributed by atoms with van der Waals surface area (Å²) in [7, 11) is 0. The first-order chi connectivity index (χ1) is 12.1. The van der Waals surface area contributed by atoms with E-state index in [1.165, 1.54) is 12.1 Å². The number of amides is 3. The number of hydrogen-bond acceptors (Lipinski definition) is 2. The third-order valence-electron chi connectivity index (χ3n) is 4.16. The zero-order valence-corrected chi connectivity index (χ0v) is 13.7. The number of nitrogens with zero attached hydrogens (tertiary/aromatic N) is 1. The Bertz CT molecular complexity index is 751. The quantitative estimate of drug-likeness (QED) is 0.877. The predicted molar refractivity (Wildman–Crippen MR) is 92.0 cm³/mol. The van der Waals surface area contributed by atoms with Gasteiger partial charge >= 0.3 is 6.03 Å². The van der Waals surface area contributed by atoms with Crippen LogP contribution < -0.4 is 10.6 Å². The highest BCUT2D eigenvalue weighted by Gasteiger charge is 2.32. The third-order valence-corrected chi connectivity index (χ3v) is 4.16. The molecule has 0 saturated carbocycles. The maximum atomic E-state index is 13.1. The molecule has 1 fully saturated rings. The molecule has 3 rings (SSSR count). The van der Waals surface area contributed by atoms with Crippen molar-refractivity contribution < 1.29 is 14.0 Å². The van der Waals surface area contributed by atoms with Crippen LogP contribution in [0.4, 0.5) is 9.18 Å². The van der Waals surface area contributed by atoms with Gasteiger partial charge in [0.2, 0.25) is 5.91 Å². The fourth-order valence-electron chi connectivity index (χ4n) is 2.87.